The van der Waals surface area contributed by atoms with Crippen LogP contribution >= 0.6 is 15.9 Å². The third-order valence-electron chi connectivity index (χ3n) is 3.00. The molecule has 0 aliphatic carbocycles. The number of aromatic nitrogens is 2. The van der Waals surface area contributed by atoms with Gasteiger partial charge in [0.25, 0.3) is 0 Å². The number of benzene rings is 2. The van der Waals surface area contributed by atoms with E-state index in [4.69, 9.17) is 4.42 Å². The second-order valence-corrected chi connectivity index (χ2v) is 5.47. The van der Waals surface area contributed by atoms with Crippen LogP contribution in [0.3, 0.4) is 0 Å². The van der Waals surface area contributed by atoms with Crippen LogP contribution in [0.4, 0.5) is 5.69 Å². The fourth-order valence-electron chi connectivity index (χ4n) is 1.93. The fraction of sp³-hybridized carbons (Fsp3) is 0.125. The van der Waals surface area contributed by atoms with Gasteiger partial charge in [0.05, 0.1) is 0 Å². The molecule has 0 aliphatic rings. The summed E-state index contributed by atoms with van der Waals surface area (Å²) in [7, 11) is 0. The number of hydrogen-bond acceptors (Lipinski definition) is 4. The number of halogens is 1. The Labute approximate surface area is 131 Å². The summed E-state index contributed by atoms with van der Waals surface area (Å²) >= 11 is 3.41. The van der Waals surface area contributed by atoms with Gasteiger partial charge in [-0.1, -0.05) is 34.1 Å². The Morgan fingerprint density at radius 2 is 1.71 bits per heavy atom. The highest BCUT2D eigenvalue weighted by Crippen LogP contribution is 2.17. The lowest BCUT2D eigenvalue weighted by molar-refractivity contribution is 0.509. The first kappa shape index (κ1) is 13.8. The lowest BCUT2D eigenvalue weighted by atomic mass is 10.2. The molecule has 0 atom stereocenters. The molecule has 3 rings (SSSR count). The zero-order valence-corrected chi connectivity index (χ0v) is 12.9. The first-order chi connectivity index (χ1) is 10.3. The van der Waals surface area contributed by atoms with Crippen LogP contribution in [0.25, 0.3) is 11.5 Å². The molecule has 0 radical (unpaired) electrons. The van der Waals surface area contributed by atoms with Crippen molar-refractivity contribution in [1.82, 2.24) is 10.2 Å². The van der Waals surface area contributed by atoms with Crippen molar-refractivity contribution in [2.75, 3.05) is 11.9 Å². The van der Waals surface area contributed by atoms with Gasteiger partial charge in [-0.15, -0.1) is 10.2 Å². The van der Waals surface area contributed by atoms with E-state index in [0.717, 1.165) is 22.3 Å². The first-order valence-electron chi connectivity index (χ1n) is 6.68. The summed E-state index contributed by atoms with van der Waals surface area (Å²) in [4.78, 5) is 0. The molecule has 4 nitrogen and oxygen atoms in total. The van der Waals surface area contributed by atoms with Gasteiger partial charge in [-0.3, -0.25) is 0 Å². The Kier molecular flexibility index (Phi) is 4.31. The Bertz CT molecular complexity index is 695. The van der Waals surface area contributed by atoms with Crippen LogP contribution in [0.5, 0.6) is 0 Å². The zero-order chi connectivity index (χ0) is 14.5. The molecule has 0 saturated carbocycles. The normalized spacial score (nSPS) is 10.5. The van der Waals surface area contributed by atoms with Crippen LogP contribution in [-0.2, 0) is 6.42 Å². The molecule has 21 heavy (non-hydrogen) atoms. The molecule has 0 amide bonds. The van der Waals surface area contributed by atoms with E-state index in [2.05, 4.69) is 31.4 Å². The summed E-state index contributed by atoms with van der Waals surface area (Å²) in [5, 5.41) is 11.5. The monoisotopic (exact) mass is 343 g/mol. The highest BCUT2D eigenvalue weighted by atomic mass is 79.9. The van der Waals surface area contributed by atoms with Gasteiger partial charge in [-0.2, -0.15) is 0 Å². The van der Waals surface area contributed by atoms with Gasteiger partial charge in [0.2, 0.25) is 11.8 Å². The summed E-state index contributed by atoms with van der Waals surface area (Å²) in [6.07, 6.45) is 0.690. The molecular weight excluding hydrogens is 330 g/mol. The first-order valence-corrected chi connectivity index (χ1v) is 7.48. The quantitative estimate of drug-likeness (QED) is 0.755. The maximum Gasteiger partial charge on any atom is 0.247 e. The van der Waals surface area contributed by atoms with Crippen LogP contribution in [0.1, 0.15) is 5.89 Å². The van der Waals surface area contributed by atoms with Gasteiger partial charge in [0.1, 0.15) is 0 Å². The number of anilines is 1. The van der Waals surface area contributed by atoms with Crippen LogP contribution in [0.2, 0.25) is 0 Å². The summed E-state index contributed by atoms with van der Waals surface area (Å²) in [5.41, 5.74) is 2.01. The van der Waals surface area contributed by atoms with E-state index in [9.17, 15) is 0 Å². The molecule has 0 aliphatic heterocycles. The topological polar surface area (TPSA) is 51.0 Å². The minimum atomic E-state index is 0.564. The number of hydrogen-bond donors (Lipinski definition) is 1. The van der Waals surface area contributed by atoms with Crippen LogP contribution in [-0.4, -0.2) is 16.7 Å². The maximum atomic E-state index is 5.66. The number of rotatable bonds is 5. The summed E-state index contributed by atoms with van der Waals surface area (Å²) < 4.78 is 6.72. The molecule has 1 aromatic heterocycles. The largest absolute Gasteiger partial charge is 0.421 e. The van der Waals surface area contributed by atoms with E-state index in [0.29, 0.717) is 18.2 Å². The van der Waals surface area contributed by atoms with E-state index in [1.54, 1.807) is 0 Å². The highest BCUT2D eigenvalue weighted by molar-refractivity contribution is 9.10. The van der Waals surface area contributed by atoms with Gasteiger partial charge in [0.15, 0.2) is 0 Å². The molecule has 2 aromatic carbocycles. The molecular formula is C16H14BrN3O. The molecule has 0 spiro atoms. The fourth-order valence-corrected chi connectivity index (χ4v) is 2.20. The Hall–Kier alpha value is -2.14. The Morgan fingerprint density at radius 3 is 2.48 bits per heavy atom. The van der Waals surface area contributed by atoms with Gasteiger partial charge in [-0.25, -0.2) is 0 Å². The predicted octanol–water partition coefficient (Wildman–Crippen LogP) is 4.15. The predicted molar refractivity (Wildman–Crippen MR) is 86.1 cm³/mol. The van der Waals surface area contributed by atoms with Crippen LogP contribution < -0.4 is 5.32 Å². The van der Waals surface area contributed by atoms with E-state index in [-0.39, 0.29) is 0 Å². The van der Waals surface area contributed by atoms with Gasteiger partial charge >= 0.3 is 0 Å². The maximum absolute atomic E-state index is 5.66. The molecule has 1 N–H and O–H groups in total. The molecule has 0 unspecified atom stereocenters. The van der Waals surface area contributed by atoms with Crippen molar-refractivity contribution in [2.24, 2.45) is 0 Å². The van der Waals surface area contributed by atoms with Crippen molar-refractivity contribution in [3.63, 3.8) is 0 Å². The zero-order valence-electron chi connectivity index (χ0n) is 11.3. The van der Waals surface area contributed by atoms with Gasteiger partial charge in [0, 0.05) is 28.7 Å². The summed E-state index contributed by atoms with van der Waals surface area (Å²) in [6.45, 7) is 0.748. The second-order valence-electron chi connectivity index (χ2n) is 4.55. The molecule has 0 saturated heterocycles. The van der Waals surface area contributed by atoms with Gasteiger partial charge < -0.3 is 9.73 Å². The molecule has 5 heteroatoms. The van der Waals surface area contributed by atoms with E-state index in [1.165, 1.54) is 0 Å². The molecule has 0 bridgehead atoms. The SMILES string of the molecule is Brc1ccc(NCCc2nnc(-c3ccccc3)o2)cc1. The molecule has 3 aromatic rings. The summed E-state index contributed by atoms with van der Waals surface area (Å²) in [6, 6.07) is 17.8. The average molecular weight is 344 g/mol. The van der Waals surface area contributed by atoms with Crippen molar-refractivity contribution in [3.05, 3.63) is 65.0 Å². The Morgan fingerprint density at radius 1 is 0.952 bits per heavy atom. The molecule has 106 valence electrons. The van der Waals surface area contributed by atoms with E-state index < -0.39 is 0 Å². The van der Waals surface area contributed by atoms with Crippen LogP contribution in [0.15, 0.2) is 63.5 Å². The minimum Gasteiger partial charge on any atom is -0.421 e. The van der Waals surface area contributed by atoms with Crippen molar-refractivity contribution in [1.29, 1.82) is 0 Å². The third-order valence-corrected chi connectivity index (χ3v) is 3.53. The number of nitrogens with zero attached hydrogens (tertiary/aromatic N) is 2. The van der Waals surface area contributed by atoms with Crippen molar-refractivity contribution in [2.45, 2.75) is 6.42 Å². The van der Waals surface area contributed by atoms with E-state index >= 15 is 0 Å². The third kappa shape index (κ3) is 3.70. The van der Waals surface area contributed by atoms with Crippen molar-refractivity contribution >= 4 is 21.6 Å². The minimum absolute atomic E-state index is 0.564. The van der Waals surface area contributed by atoms with Gasteiger partial charge in [-0.05, 0) is 36.4 Å². The molecule has 1 heterocycles. The van der Waals surface area contributed by atoms with Crippen molar-refractivity contribution < 1.29 is 4.42 Å². The standard InChI is InChI=1S/C16H14BrN3O/c17-13-6-8-14(9-7-13)18-11-10-15-19-20-16(21-15)12-4-2-1-3-5-12/h1-9,18H,10-11H2. The van der Waals surface area contributed by atoms with E-state index in [1.807, 2.05) is 54.6 Å². The summed E-state index contributed by atoms with van der Waals surface area (Å²) in [5.74, 6) is 1.20. The lowest BCUT2D eigenvalue weighted by Crippen LogP contribution is -2.04. The van der Waals surface area contributed by atoms with Crippen LogP contribution in [0, 0.1) is 0 Å². The highest BCUT2D eigenvalue weighted by Gasteiger charge is 2.07. The average Bonchev–Trinajstić information content (AvgIpc) is 2.99. The van der Waals surface area contributed by atoms with Crippen molar-refractivity contribution in [3.8, 4) is 11.5 Å². The second kappa shape index (κ2) is 6.54. The molecule has 0 fully saturated rings. The number of nitrogens with one attached hydrogen (secondary N) is 1. The lowest BCUT2D eigenvalue weighted by Gasteiger charge is -2.04. The smallest absolute Gasteiger partial charge is 0.247 e. The Balaban J connectivity index is 1.57.